The number of aryl methyl sites for hydroxylation is 2. The van der Waals surface area contributed by atoms with E-state index in [9.17, 15) is 10.2 Å². The molecule has 470 valence electrons. The third kappa shape index (κ3) is 15.1. The van der Waals surface area contributed by atoms with Crippen LogP contribution < -0.4 is 0 Å². The van der Waals surface area contributed by atoms with Gasteiger partial charge in [-0.3, -0.25) is 0 Å². The Balaban J connectivity index is 0.000000220. The van der Waals surface area contributed by atoms with Gasteiger partial charge in [0.05, 0.1) is 33.4 Å². The first kappa shape index (κ1) is 68.7. The molecule has 0 radical (unpaired) electrons. The minimum absolute atomic E-state index is 0.0294. The van der Waals surface area contributed by atoms with Crippen LogP contribution in [0.15, 0.2) is 146 Å². The molecule has 5 heteroatoms. The summed E-state index contributed by atoms with van der Waals surface area (Å²) in [5.74, 6) is 0.638. The molecule has 0 atom stereocenters. The molecule has 4 nitrogen and oxygen atoms in total. The van der Waals surface area contributed by atoms with Crippen molar-refractivity contribution in [2.45, 2.75) is 221 Å². The van der Waals surface area contributed by atoms with Crippen molar-refractivity contribution >= 4 is 43.6 Å². The van der Waals surface area contributed by atoms with Gasteiger partial charge in [-0.1, -0.05) is 236 Å². The standard InChI is InChI=1S/2C41H51NO.2CH3.Hf/c2*1-26-14-13-15-27(20-26)31-23-30(41(11,12)25-38(2,3)4)24-36(37(31)43)42-34-18-16-28(39(5,6)7)21-32(34)33-22-29(40(8,9)10)17-19-35(33)42;;;/h2*13-24,43H,25H2,1-12H3;2*1H3;. The second-order valence-corrected chi connectivity index (χ2v) is 37.5. The number of rotatable bonds is 8. The van der Waals surface area contributed by atoms with Crippen molar-refractivity contribution in [2.75, 3.05) is 0 Å². The van der Waals surface area contributed by atoms with E-state index in [1.54, 1.807) is 0 Å². The number of hydrogen-bond acceptors (Lipinski definition) is 2. The van der Waals surface area contributed by atoms with E-state index >= 15 is 0 Å². The number of phenolic OH excluding ortho intramolecular Hbond substituents is 2. The molecule has 2 aromatic heterocycles. The fourth-order valence-corrected chi connectivity index (χ4v) is 13.7. The Kier molecular flexibility index (Phi) is 19.2. The first-order valence-corrected chi connectivity index (χ1v) is 39.8. The summed E-state index contributed by atoms with van der Waals surface area (Å²) in [5, 5.41) is 29.3. The third-order valence-electron chi connectivity index (χ3n) is 17.8. The van der Waals surface area contributed by atoms with Crippen LogP contribution in [0.1, 0.15) is 210 Å². The van der Waals surface area contributed by atoms with Crippen molar-refractivity contribution in [1.82, 2.24) is 9.13 Å². The number of fused-ring (bicyclic) bond motifs is 6. The zero-order valence-corrected chi connectivity index (χ0v) is 63.2. The van der Waals surface area contributed by atoms with E-state index in [0.29, 0.717) is 11.5 Å². The average molecular weight is 1360 g/mol. The summed E-state index contributed by atoms with van der Waals surface area (Å²) in [6.07, 6.45) is 2.04. The molecule has 0 fully saturated rings. The summed E-state index contributed by atoms with van der Waals surface area (Å²) >= 11 is 0.0833. The van der Waals surface area contributed by atoms with Crippen LogP contribution in [0.5, 0.6) is 11.5 Å². The maximum absolute atomic E-state index is 12.2. The van der Waals surface area contributed by atoms with Crippen molar-refractivity contribution in [2.24, 2.45) is 10.8 Å². The van der Waals surface area contributed by atoms with Gasteiger partial charge in [0.2, 0.25) is 0 Å². The van der Waals surface area contributed by atoms with Crippen LogP contribution in [0.4, 0.5) is 0 Å². The molecule has 89 heavy (non-hydrogen) atoms. The van der Waals surface area contributed by atoms with Crippen LogP contribution in [-0.4, -0.2) is 19.3 Å². The Hall–Kier alpha value is -6.17. The van der Waals surface area contributed by atoms with Gasteiger partial charge in [-0.25, -0.2) is 0 Å². The first-order chi connectivity index (χ1) is 40.9. The summed E-state index contributed by atoms with van der Waals surface area (Å²) in [6.45, 7) is 54.7. The topological polar surface area (TPSA) is 50.3 Å². The minimum atomic E-state index is -0.100. The number of nitrogens with zero attached hydrogens (tertiary/aromatic N) is 2. The van der Waals surface area contributed by atoms with Gasteiger partial charge in [0.15, 0.2) is 0 Å². The Bertz CT molecular complexity index is 3810. The summed E-state index contributed by atoms with van der Waals surface area (Å²) < 4.78 is 9.24. The molecule has 0 bridgehead atoms. The molecule has 0 spiro atoms. The van der Waals surface area contributed by atoms with Crippen molar-refractivity contribution in [3.05, 3.63) is 190 Å². The maximum atomic E-state index is 12.2. The number of benzene rings is 8. The fourth-order valence-electron chi connectivity index (χ4n) is 13.7. The van der Waals surface area contributed by atoms with Crippen LogP contribution >= 0.6 is 0 Å². The number of phenols is 2. The molecular weight excluding hydrogens is 1250 g/mol. The van der Waals surface area contributed by atoms with E-state index < -0.39 is 0 Å². The average Bonchev–Trinajstić information content (AvgIpc) is 1.62. The predicted molar refractivity (Wildman–Crippen MR) is 386 cm³/mol. The van der Waals surface area contributed by atoms with E-state index in [4.69, 9.17) is 0 Å². The Morgan fingerprint density at radius 1 is 0.326 bits per heavy atom. The summed E-state index contributed by atoms with van der Waals surface area (Å²) in [4.78, 5) is 0. The molecule has 10 rings (SSSR count). The van der Waals surface area contributed by atoms with Gasteiger partial charge in [0, 0.05) is 32.7 Å². The molecule has 0 saturated carbocycles. The van der Waals surface area contributed by atoms with Crippen LogP contribution in [0, 0.1) is 24.7 Å². The molecule has 0 unspecified atom stereocenters. The molecule has 0 saturated heterocycles. The molecule has 0 aliphatic heterocycles. The van der Waals surface area contributed by atoms with Crippen molar-refractivity contribution in [3.63, 3.8) is 0 Å². The molecule has 2 heterocycles. The van der Waals surface area contributed by atoms with Gasteiger partial charge in [0.25, 0.3) is 0 Å². The normalized spacial score (nSPS) is 13.0. The Morgan fingerprint density at radius 3 is 0.809 bits per heavy atom. The predicted octanol–water partition coefficient (Wildman–Crippen LogP) is 24.7. The molecule has 0 aliphatic rings. The molecule has 0 amide bonds. The zero-order valence-electron chi connectivity index (χ0n) is 59.6. The second kappa shape index (κ2) is 24.8. The van der Waals surface area contributed by atoms with Gasteiger partial charge in [0.1, 0.15) is 11.5 Å². The summed E-state index contributed by atoms with van der Waals surface area (Å²) in [7, 11) is 0. The van der Waals surface area contributed by atoms with Gasteiger partial charge >= 0.3 is 32.3 Å². The van der Waals surface area contributed by atoms with E-state index in [-0.39, 0.29) is 66.2 Å². The third-order valence-corrected chi connectivity index (χ3v) is 17.8. The number of aromatic hydroxyl groups is 2. The Morgan fingerprint density at radius 2 is 0.584 bits per heavy atom. The van der Waals surface area contributed by atoms with Crippen LogP contribution in [0.3, 0.4) is 0 Å². The van der Waals surface area contributed by atoms with Crippen LogP contribution in [-0.2, 0) is 55.4 Å². The van der Waals surface area contributed by atoms with Gasteiger partial charge < -0.3 is 19.3 Å². The van der Waals surface area contributed by atoms with E-state index in [1.165, 1.54) is 66.1 Å². The molecule has 0 aliphatic carbocycles. The number of hydrogen-bond donors (Lipinski definition) is 2. The number of aromatic nitrogens is 2. The molecule has 8 aromatic carbocycles. The second-order valence-electron chi connectivity index (χ2n) is 33.9. The van der Waals surface area contributed by atoms with E-state index in [1.807, 2.05) is 0 Å². The monoisotopic (exact) mass is 1360 g/mol. The van der Waals surface area contributed by atoms with E-state index in [2.05, 4.69) is 330 Å². The molecular formula is C84H108HfN2O2. The first-order valence-electron chi connectivity index (χ1n) is 32.6. The quantitative estimate of drug-likeness (QED) is 0.149. The van der Waals surface area contributed by atoms with Crippen molar-refractivity contribution < 1.29 is 33.1 Å². The SMILES string of the molecule is Cc1cccc(-c2cc(C(C)(C)CC(C)(C)C)cc(-n3c4ccc(C(C)(C)C)cc4c4cc(C(C)(C)C)ccc43)c2O)c1.Cc1cccc(-c2cc(C(C)(C)CC(C)(C)C)cc(-n3c4ccc(C(C)(C)C)cc4c4cc(C(C)(C)C)ccc43)c2O)c1.[CH3][Hf][CH3]. The van der Waals surface area contributed by atoms with E-state index in [0.717, 1.165) is 68.5 Å². The van der Waals surface area contributed by atoms with Crippen LogP contribution in [0.25, 0.3) is 77.2 Å². The van der Waals surface area contributed by atoms with Crippen molar-refractivity contribution in [3.8, 4) is 45.1 Å². The van der Waals surface area contributed by atoms with Gasteiger partial charge in [-0.15, -0.1) is 0 Å². The Labute approximate surface area is 549 Å². The summed E-state index contributed by atoms with van der Waals surface area (Å²) in [5.41, 5.74) is 20.3. The summed E-state index contributed by atoms with van der Waals surface area (Å²) in [6, 6.07) is 53.4. The zero-order chi connectivity index (χ0) is 66.1. The molecule has 10 aromatic rings. The fraction of sp³-hybridized carbons (Fsp3) is 0.429. The van der Waals surface area contributed by atoms with Gasteiger partial charge in [-0.2, -0.15) is 0 Å². The van der Waals surface area contributed by atoms with Crippen LogP contribution in [0.2, 0.25) is 9.36 Å². The van der Waals surface area contributed by atoms with Crippen molar-refractivity contribution in [1.29, 1.82) is 0 Å². The molecule has 2 N–H and O–H groups in total. The van der Waals surface area contributed by atoms with Gasteiger partial charge in [-0.05, 0) is 187 Å².